The molecule has 3 rings (SSSR count). The first-order chi connectivity index (χ1) is 9.60. The number of fused-ring (bicyclic) bond motifs is 1. The van der Waals surface area contributed by atoms with E-state index in [9.17, 15) is 0 Å². The fourth-order valence-electron chi connectivity index (χ4n) is 2.27. The van der Waals surface area contributed by atoms with Gasteiger partial charge >= 0.3 is 0 Å². The van der Waals surface area contributed by atoms with E-state index < -0.39 is 0 Å². The Labute approximate surface area is 121 Å². The Morgan fingerprint density at radius 2 is 2.15 bits per heavy atom. The SMILES string of the molecule is COc1ccc2c(c1)nc(C(C)Cl)n2-c1cnn(C)c1. The summed E-state index contributed by atoms with van der Waals surface area (Å²) in [5.74, 6) is 1.57. The monoisotopic (exact) mass is 290 g/mol. The van der Waals surface area contributed by atoms with E-state index in [-0.39, 0.29) is 5.38 Å². The Hall–Kier alpha value is -2.01. The molecule has 0 aliphatic carbocycles. The molecular formula is C14H15ClN4O. The summed E-state index contributed by atoms with van der Waals surface area (Å²) in [6, 6.07) is 5.81. The molecule has 0 saturated heterocycles. The molecule has 0 radical (unpaired) electrons. The van der Waals surface area contributed by atoms with Crippen LogP contribution in [-0.4, -0.2) is 26.4 Å². The zero-order valence-corrected chi connectivity index (χ0v) is 12.3. The fourth-order valence-corrected chi connectivity index (χ4v) is 2.41. The highest BCUT2D eigenvalue weighted by Crippen LogP contribution is 2.29. The van der Waals surface area contributed by atoms with E-state index in [1.807, 2.05) is 42.9 Å². The number of hydrogen-bond donors (Lipinski definition) is 0. The summed E-state index contributed by atoms with van der Waals surface area (Å²) < 4.78 is 9.03. The maximum atomic E-state index is 6.27. The average Bonchev–Trinajstić information content (AvgIpc) is 3.00. The van der Waals surface area contributed by atoms with Crippen molar-refractivity contribution in [3.8, 4) is 11.4 Å². The van der Waals surface area contributed by atoms with Gasteiger partial charge < -0.3 is 4.74 Å². The van der Waals surface area contributed by atoms with Crippen LogP contribution in [0.15, 0.2) is 30.6 Å². The molecule has 0 N–H and O–H groups in total. The van der Waals surface area contributed by atoms with Gasteiger partial charge in [0.05, 0.1) is 35.4 Å². The maximum absolute atomic E-state index is 6.27. The summed E-state index contributed by atoms with van der Waals surface area (Å²) in [6.45, 7) is 1.91. The minimum absolute atomic E-state index is 0.200. The van der Waals surface area contributed by atoms with Gasteiger partial charge in [-0.25, -0.2) is 4.98 Å². The molecule has 5 nitrogen and oxygen atoms in total. The molecule has 104 valence electrons. The highest BCUT2D eigenvalue weighted by molar-refractivity contribution is 6.20. The molecule has 2 aromatic heterocycles. The zero-order chi connectivity index (χ0) is 14.3. The van der Waals surface area contributed by atoms with Crippen LogP contribution in [0.5, 0.6) is 5.75 Å². The third-order valence-electron chi connectivity index (χ3n) is 3.19. The van der Waals surface area contributed by atoms with Crippen molar-refractivity contribution in [2.75, 3.05) is 7.11 Å². The average molecular weight is 291 g/mol. The smallest absolute Gasteiger partial charge is 0.132 e. The second-order valence-electron chi connectivity index (χ2n) is 4.65. The Morgan fingerprint density at radius 3 is 2.75 bits per heavy atom. The molecule has 0 spiro atoms. The summed E-state index contributed by atoms with van der Waals surface area (Å²) in [6.07, 6.45) is 3.74. The van der Waals surface area contributed by atoms with Crippen LogP contribution in [0.4, 0.5) is 0 Å². The van der Waals surface area contributed by atoms with Gasteiger partial charge in [-0.15, -0.1) is 11.6 Å². The number of rotatable bonds is 3. The van der Waals surface area contributed by atoms with Gasteiger partial charge in [-0.05, 0) is 19.1 Å². The molecule has 3 aromatic rings. The van der Waals surface area contributed by atoms with Crippen molar-refractivity contribution in [3.05, 3.63) is 36.4 Å². The highest BCUT2D eigenvalue weighted by atomic mass is 35.5. The third kappa shape index (κ3) is 2.04. The first-order valence-electron chi connectivity index (χ1n) is 6.29. The second-order valence-corrected chi connectivity index (χ2v) is 5.30. The summed E-state index contributed by atoms with van der Waals surface area (Å²) >= 11 is 6.27. The van der Waals surface area contributed by atoms with Crippen LogP contribution in [0.2, 0.25) is 0 Å². The van der Waals surface area contributed by atoms with Crippen LogP contribution in [0.3, 0.4) is 0 Å². The summed E-state index contributed by atoms with van der Waals surface area (Å²) in [7, 11) is 3.53. The molecule has 0 amide bonds. The number of hydrogen-bond acceptors (Lipinski definition) is 3. The lowest BCUT2D eigenvalue weighted by molar-refractivity contribution is 0.415. The van der Waals surface area contributed by atoms with Crippen LogP contribution in [-0.2, 0) is 7.05 Å². The van der Waals surface area contributed by atoms with E-state index in [1.54, 1.807) is 18.0 Å². The molecule has 0 fully saturated rings. The Kier molecular flexibility index (Phi) is 3.14. The van der Waals surface area contributed by atoms with Crippen molar-refractivity contribution in [2.24, 2.45) is 7.05 Å². The first kappa shape index (κ1) is 13.0. The molecule has 0 aliphatic rings. The number of aryl methyl sites for hydroxylation is 1. The van der Waals surface area contributed by atoms with E-state index >= 15 is 0 Å². The van der Waals surface area contributed by atoms with Crippen molar-refractivity contribution < 1.29 is 4.74 Å². The third-order valence-corrected chi connectivity index (χ3v) is 3.39. The lowest BCUT2D eigenvalue weighted by Crippen LogP contribution is -2.00. The van der Waals surface area contributed by atoms with Gasteiger partial charge in [0.15, 0.2) is 0 Å². The lowest BCUT2D eigenvalue weighted by atomic mass is 10.3. The largest absolute Gasteiger partial charge is 0.497 e. The van der Waals surface area contributed by atoms with Crippen molar-refractivity contribution >= 4 is 22.6 Å². The minimum atomic E-state index is -0.200. The Bertz CT molecular complexity index is 760. The predicted octanol–water partition coefficient (Wildman–Crippen LogP) is 3.07. The van der Waals surface area contributed by atoms with E-state index in [0.29, 0.717) is 0 Å². The van der Waals surface area contributed by atoms with Crippen LogP contribution in [0, 0.1) is 0 Å². The number of methoxy groups -OCH3 is 1. The van der Waals surface area contributed by atoms with Crippen molar-refractivity contribution in [3.63, 3.8) is 0 Å². The summed E-state index contributed by atoms with van der Waals surface area (Å²) in [4.78, 5) is 4.62. The normalized spacial score (nSPS) is 12.8. The Balaban J connectivity index is 2.29. The number of imidazole rings is 1. The van der Waals surface area contributed by atoms with Crippen LogP contribution < -0.4 is 4.74 Å². The number of halogens is 1. The van der Waals surface area contributed by atoms with Gasteiger partial charge in [-0.2, -0.15) is 5.10 Å². The van der Waals surface area contributed by atoms with E-state index in [1.165, 1.54) is 0 Å². The van der Waals surface area contributed by atoms with Gasteiger partial charge in [-0.1, -0.05) is 0 Å². The number of alkyl halides is 1. The number of ether oxygens (including phenoxy) is 1. The van der Waals surface area contributed by atoms with Crippen LogP contribution in [0.25, 0.3) is 16.7 Å². The summed E-state index contributed by atoms with van der Waals surface area (Å²) in [5.41, 5.74) is 2.79. The van der Waals surface area contributed by atoms with Gasteiger partial charge in [0.25, 0.3) is 0 Å². The molecular weight excluding hydrogens is 276 g/mol. The molecule has 1 unspecified atom stereocenters. The molecule has 0 bridgehead atoms. The van der Waals surface area contributed by atoms with Gasteiger partial charge in [0, 0.05) is 19.3 Å². The van der Waals surface area contributed by atoms with E-state index in [0.717, 1.165) is 28.3 Å². The van der Waals surface area contributed by atoms with Crippen molar-refractivity contribution in [1.29, 1.82) is 0 Å². The maximum Gasteiger partial charge on any atom is 0.132 e. The fraction of sp³-hybridized carbons (Fsp3) is 0.286. The van der Waals surface area contributed by atoms with E-state index in [2.05, 4.69) is 10.1 Å². The molecule has 6 heteroatoms. The molecule has 1 aromatic carbocycles. The number of nitrogens with zero attached hydrogens (tertiary/aromatic N) is 4. The lowest BCUT2D eigenvalue weighted by Gasteiger charge is -2.07. The highest BCUT2D eigenvalue weighted by Gasteiger charge is 2.17. The second kappa shape index (κ2) is 4.83. The summed E-state index contributed by atoms with van der Waals surface area (Å²) in [5, 5.41) is 4.01. The van der Waals surface area contributed by atoms with Crippen LogP contribution >= 0.6 is 11.6 Å². The van der Waals surface area contributed by atoms with Gasteiger partial charge in [-0.3, -0.25) is 9.25 Å². The first-order valence-corrected chi connectivity index (χ1v) is 6.73. The quantitative estimate of drug-likeness (QED) is 0.696. The number of aromatic nitrogens is 4. The molecule has 0 saturated carbocycles. The van der Waals surface area contributed by atoms with Crippen molar-refractivity contribution in [1.82, 2.24) is 19.3 Å². The van der Waals surface area contributed by atoms with E-state index in [4.69, 9.17) is 16.3 Å². The topological polar surface area (TPSA) is 44.9 Å². The molecule has 2 heterocycles. The standard InChI is InChI=1S/C14H15ClN4O/c1-9(15)14-17-12-6-11(20-3)4-5-13(12)19(14)10-7-16-18(2)8-10/h4-9H,1-3H3. The molecule has 20 heavy (non-hydrogen) atoms. The Morgan fingerprint density at radius 1 is 1.35 bits per heavy atom. The zero-order valence-electron chi connectivity index (χ0n) is 11.5. The molecule has 1 atom stereocenters. The number of benzene rings is 1. The van der Waals surface area contributed by atoms with Crippen molar-refractivity contribution in [2.45, 2.75) is 12.3 Å². The molecule has 0 aliphatic heterocycles. The van der Waals surface area contributed by atoms with Gasteiger partial charge in [0.2, 0.25) is 0 Å². The minimum Gasteiger partial charge on any atom is -0.497 e. The van der Waals surface area contributed by atoms with Crippen LogP contribution in [0.1, 0.15) is 18.1 Å². The van der Waals surface area contributed by atoms with Gasteiger partial charge in [0.1, 0.15) is 11.6 Å². The predicted molar refractivity (Wildman–Crippen MR) is 78.7 cm³/mol.